The molecule has 5 rings (SSSR count). The van der Waals surface area contributed by atoms with Crippen molar-refractivity contribution >= 4 is 29.0 Å². The van der Waals surface area contributed by atoms with Gasteiger partial charge in [0.15, 0.2) is 23.2 Å². The van der Waals surface area contributed by atoms with Crippen molar-refractivity contribution in [2.45, 2.75) is 30.9 Å². The van der Waals surface area contributed by atoms with Crippen molar-refractivity contribution in [3.63, 3.8) is 0 Å². The van der Waals surface area contributed by atoms with E-state index in [2.05, 4.69) is 15.7 Å². The molecule has 0 saturated carbocycles. The van der Waals surface area contributed by atoms with Crippen molar-refractivity contribution in [3.8, 4) is 11.5 Å². The SMILES string of the molecule is O=C(Nc1ccc(Cl)c(C(F)(F)F)c1)c1cc2n(n1)[C@H](C(F)(F)F)C[C@H](c1ccc3c(c1)OCO3)N2. The Morgan fingerprint density at radius 2 is 1.81 bits per heavy atom. The lowest BCUT2D eigenvalue weighted by Crippen LogP contribution is -2.35. The molecule has 0 saturated heterocycles. The van der Waals surface area contributed by atoms with Gasteiger partial charge in [0.2, 0.25) is 6.79 Å². The van der Waals surface area contributed by atoms with Crippen LogP contribution in [0.15, 0.2) is 42.5 Å². The topological polar surface area (TPSA) is 77.4 Å². The molecule has 14 heteroatoms. The molecule has 3 heterocycles. The van der Waals surface area contributed by atoms with Gasteiger partial charge in [-0.05, 0) is 35.9 Å². The van der Waals surface area contributed by atoms with Gasteiger partial charge in [-0.25, -0.2) is 4.68 Å². The fourth-order valence-electron chi connectivity index (χ4n) is 4.05. The number of nitrogens with one attached hydrogen (secondary N) is 2. The number of nitrogens with zero attached hydrogens (tertiary/aromatic N) is 2. The van der Waals surface area contributed by atoms with E-state index in [0.717, 1.165) is 18.2 Å². The van der Waals surface area contributed by atoms with E-state index in [9.17, 15) is 31.1 Å². The molecule has 2 atom stereocenters. The summed E-state index contributed by atoms with van der Waals surface area (Å²) < 4.78 is 92.3. The van der Waals surface area contributed by atoms with E-state index in [4.69, 9.17) is 21.1 Å². The van der Waals surface area contributed by atoms with Gasteiger partial charge >= 0.3 is 12.4 Å². The number of fused-ring (bicyclic) bond motifs is 2. The molecule has 1 aromatic heterocycles. The molecule has 0 aliphatic carbocycles. The number of halogens is 7. The van der Waals surface area contributed by atoms with Gasteiger partial charge < -0.3 is 20.1 Å². The molecule has 1 amide bonds. The molecular formula is C22H15ClF6N4O3. The van der Waals surface area contributed by atoms with Gasteiger partial charge in [0.25, 0.3) is 5.91 Å². The zero-order chi connectivity index (χ0) is 25.8. The quantitative estimate of drug-likeness (QED) is 0.393. The molecule has 0 bridgehead atoms. The van der Waals surface area contributed by atoms with E-state index in [0.29, 0.717) is 27.8 Å². The Labute approximate surface area is 203 Å². The molecule has 190 valence electrons. The Bertz CT molecular complexity index is 1340. The molecule has 2 N–H and O–H groups in total. The third-order valence-corrected chi connectivity index (χ3v) is 6.08. The smallest absolute Gasteiger partial charge is 0.417 e. The van der Waals surface area contributed by atoms with Gasteiger partial charge in [0.1, 0.15) is 5.82 Å². The van der Waals surface area contributed by atoms with E-state index in [-0.39, 0.29) is 18.3 Å². The molecule has 36 heavy (non-hydrogen) atoms. The highest BCUT2D eigenvalue weighted by molar-refractivity contribution is 6.31. The fourth-order valence-corrected chi connectivity index (χ4v) is 4.27. The van der Waals surface area contributed by atoms with Crippen molar-refractivity contribution in [2.75, 3.05) is 17.4 Å². The summed E-state index contributed by atoms with van der Waals surface area (Å²) in [5, 5.41) is 8.39. The third kappa shape index (κ3) is 4.50. The van der Waals surface area contributed by atoms with Gasteiger partial charge in [-0.1, -0.05) is 17.7 Å². The number of carbonyl (C=O) groups is 1. The summed E-state index contributed by atoms with van der Waals surface area (Å²) in [5.41, 5.74) is -1.33. The second kappa shape index (κ2) is 8.50. The Balaban J connectivity index is 1.43. The van der Waals surface area contributed by atoms with Gasteiger partial charge in [-0.3, -0.25) is 4.79 Å². The van der Waals surface area contributed by atoms with Crippen molar-refractivity contribution in [1.29, 1.82) is 0 Å². The van der Waals surface area contributed by atoms with E-state index < -0.39 is 53.0 Å². The first kappa shape index (κ1) is 24.1. The Morgan fingerprint density at radius 3 is 2.53 bits per heavy atom. The van der Waals surface area contributed by atoms with Crippen LogP contribution in [0.2, 0.25) is 5.02 Å². The van der Waals surface area contributed by atoms with Crippen LogP contribution in [-0.4, -0.2) is 28.7 Å². The first-order valence-corrected chi connectivity index (χ1v) is 10.8. The lowest BCUT2D eigenvalue weighted by molar-refractivity contribution is -0.173. The Morgan fingerprint density at radius 1 is 1.06 bits per heavy atom. The molecule has 2 aliphatic rings. The first-order valence-electron chi connectivity index (χ1n) is 10.4. The van der Waals surface area contributed by atoms with Crippen molar-refractivity contribution in [2.24, 2.45) is 0 Å². The van der Waals surface area contributed by atoms with Gasteiger partial charge in [0.05, 0.1) is 16.6 Å². The van der Waals surface area contributed by atoms with Crippen LogP contribution >= 0.6 is 11.6 Å². The van der Waals surface area contributed by atoms with Crippen LogP contribution in [0.4, 0.5) is 37.8 Å². The lowest BCUT2D eigenvalue weighted by atomic mass is 9.96. The minimum absolute atomic E-state index is 0.00534. The minimum atomic E-state index is -4.76. The van der Waals surface area contributed by atoms with E-state index in [1.165, 1.54) is 0 Å². The molecule has 0 fully saturated rings. The standard InChI is InChI=1S/C22H15ClF6N4O3/c23-13-3-2-11(6-12(13)21(24,25)26)30-20(34)15-8-19-31-14(7-18(22(27,28)29)33(19)32-15)10-1-4-16-17(5-10)36-9-35-16/h1-6,8,14,18,31H,7,9H2,(H,30,34)/t14-,18+/m1/s1. The second-order valence-electron chi connectivity index (χ2n) is 8.11. The second-order valence-corrected chi connectivity index (χ2v) is 8.52. The number of hydrogen-bond donors (Lipinski definition) is 2. The van der Waals surface area contributed by atoms with E-state index in [1.807, 2.05) is 0 Å². The largest absolute Gasteiger partial charge is 0.454 e. The molecule has 3 aromatic rings. The van der Waals surface area contributed by atoms with Crippen LogP contribution in [-0.2, 0) is 6.18 Å². The maximum Gasteiger partial charge on any atom is 0.417 e. The highest BCUT2D eigenvalue weighted by atomic mass is 35.5. The number of hydrogen-bond acceptors (Lipinski definition) is 5. The number of ether oxygens (including phenoxy) is 2. The Hall–Kier alpha value is -3.61. The molecular weight excluding hydrogens is 518 g/mol. The van der Waals surface area contributed by atoms with Gasteiger partial charge in [-0.2, -0.15) is 31.4 Å². The van der Waals surface area contributed by atoms with Gasteiger partial charge in [0, 0.05) is 18.2 Å². The molecule has 2 aromatic carbocycles. The number of alkyl halides is 6. The minimum Gasteiger partial charge on any atom is -0.454 e. The predicted octanol–water partition coefficient (Wildman–Crippen LogP) is 6.20. The molecule has 7 nitrogen and oxygen atoms in total. The number of anilines is 2. The zero-order valence-corrected chi connectivity index (χ0v) is 18.6. The number of rotatable bonds is 3. The van der Waals surface area contributed by atoms with E-state index >= 15 is 0 Å². The summed E-state index contributed by atoms with van der Waals surface area (Å²) in [7, 11) is 0. The average Bonchev–Trinajstić information content (AvgIpc) is 3.44. The zero-order valence-electron chi connectivity index (χ0n) is 17.9. The van der Waals surface area contributed by atoms with Crippen LogP contribution in [0.25, 0.3) is 0 Å². The number of carbonyl (C=O) groups excluding carboxylic acids is 1. The molecule has 0 unspecified atom stereocenters. The fraction of sp³-hybridized carbons (Fsp3) is 0.273. The Kier molecular flexibility index (Phi) is 5.69. The predicted molar refractivity (Wildman–Crippen MR) is 115 cm³/mol. The van der Waals surface area contributed by atoms with Crippen molar-refractivity contribution in [1.82, 2.24) is 9.78 Å². The normalized spacial score (nSPS) is 19.0. The maximum atomic E-state index is 13.9. The van der Waals surface area contributed by atoms with Gasteiger partial charge in [-0.15, -0.1) is 0 Å². The first-order chi connectivity index (χ1) is 16.9. The summed E-state index contributed by atoms with van der Waals surface area (Å²) in [6, 6.07) is 5.75. The average molecular weight is 533 g/mol. The van der Waals surface area contributed by atoms with Crippen LogP contribution in [0, 0.1) is 0 Å². The summed E-state index contributed by atoms with van der Waals surface area (Å²) >= 11 is 5.58. The summed E-state index contributed by atoms with van der Waals surface area (Å²) in [6.07, 6.45) is -9.88. The molecule has 0 spiro atoms. The number of aromatic nitrogens is 2. The van der Waals surface area contributed by atoms with Crippen molar-refractivity contribution < 1.29 is 40.6 Å². The van der Waals surface area contributed by atoms with Crippen LogP contribution in [0.3, 0.4) is 0 Å². The summed E-state index contributed by atoms with van der Waals surface area (Å²) in [4.78, 5) is 12.7. The lowest BCUT2D eigenvalue weighted by Gasteiger charge is -2.33. The third-order valence-electron chi connectivity index (χ3n) is 5.75. The number of benzene rings is 2. The van der Waals surface area contributed by atoms with Crippen LogP contribution in [0.1, 0.15) is 40.1 Å². The number of amides is 1. The van der Waals surface area contributed by atoms with Crippen molar-refractivity contribution in [3.05, 3.63) is 64.3 Å². The maximum absolute atomic E-state index is 13.9. The highest BCUT2D eigenvalue weighted by Crippen LogP contribution is 2.45. The van der Waals surface area contributed by atoms with Crippen LogP contribution in [0.5, 0.6) is 11.5 Å². The highest BCUT2D eigenvalue weighted by Gasteiger charge is 2.47. The molecule has 2 aliphatic heterocycles. The van der Waals surface area contributed by atoms with E-state index in [1.54, 1.807) is 18.2 Å². The summed E-state index contributed by atoms with van der Waals surface area (Å²) in [5.74, 6) is -0.196. The summed E-state index contributed by atoms with van der Waals surface area (Å²) in [6.45, 7) is 0.00534. The monoisotopic (exact) mass is 532 g/mol. The molecule has 0 radical (unpaired) electrons. The van der Waals surface area contributed by atoms with Crippen LogP contribution < -0.4 is 20.1 Å².